The topological polar surface area (TPSA) is 67.2 Å². The van der Waals surface area contributed by atoms with E-state index in [0.717, 1.165) is 22.2 Å². The summed E-state index contributed by atoms with van der Waals surface area (Å²) in [5.41, 5.74) is 4.58. The van der Waals surface area contributed by atoms with Gasteiger partial charge in [0, 0.05) is 12.1 Å². The van der Waals surface area contributed by atoms with Crippen molar-refractivity contribution in [3.63, 3.8) is 0 Å². The lowest BCUT2D eigenvalue weighted by Gasteiger charge is -2.10. The molecule has 0 unspecified atom stereocenters. The Kier molecular flexibility index (Phi) is 6.28. The number of benzene rings is 3. The molecule has 3 aromatic carbocycles. The van der Waals surface area contributed by atoms with Gasteiger partial charge in [-0.25, -0.2) is 9.37 Å². The molecule has 0 aliphatic heterocycles. The highest BCUT2D eigenvalue weighted by molar-refractivity contribution is 7.80. The summed E-state index contributed by atoms with van der Waals surface area (Å²) in [6, 6.07) is 19.5. The number of carbonyl (C=O) groups is 1. The lowest BCUT2D eigenvalue weighted by molar-refractivity contribution is 0.0972. The molecule has 1 aromatic heterocycles. The zero-order valence-corrected chi connectivity index (χ0v) is 18.5. The van der Waals surface area contributed by atoms with Gasteiger partial charge in [0.25, 0.3) is 5.91 Å². The summed E-state index contributed by atoms with van der Waals surface area (Å²) in [6.45, 7) is 4.69. The molecule has 162 valence electrons. The first kappa shape index (κ1) is 21.6. The van der Waals surface area contributed by atoms with Gasteiger partial charge in [0.15, 0.2) is 10.7 Å². The molecule has 0 fully saturated rings. The van der Waals surface area contributed by atoms with Crippen molar-refractivity contribution in [2.75, 3.05) is 0 Å². The van der Waals surface area contributed by atoms with Crippen molar-refractivity contribution in [3.8, 4) is 11.5 Å². The number of carbonyl (C=O) groups excluding carboxylic acids is 1. The Balaban J connectivity index is 1.38. The predicted molar refractivity (Wildman–Crippen MR) is 127 cm³/mol. The number of amides is 1. The monoisotopic (exact) mass is 447 g/mol. The van der Waals surface area contributed by atoms with Crippen LogP contribution in [0.4, 0.5) is 4.39 Å². The second-order valence-electron chi connectivity index (χ2n) is 7.71. The van der Waals surface area contributed by atoms with Crippen LogP contribution >= 0.6 is 12.2 Å². The summed E-state index contributed by atoms with van der Waals surface area (Å²) >= 11 is 5.15. The van der Waals surface area contributed by atoms with Crippen LogP contribution in [0.2, 0.25) is 0 Å². The molecule has 0 aliphatic rings. The van der Waals surface area contributed by atoms with Gasteiger partial charge in [-0.2, -0.15) is 0 Å². The minimum Gasteiger partial charge on any atom is -0.436 e. The van der Waals surface area contributed by atoms with E-state index in [0.29, 0.717) is 18.4 Å². The molecular weight excluding hydrogens is 425 g/mol. The highest BCUT2D eigenvalue weighted by atomic mass is 32.1. The molecular formula is C25H22FN3O2S. The van der Waals surface area contributed by atoms with Crippen LogP contribution in [-0.4, -0.2) is 16.0 Å². The molecule has 0 saturated heterocycles. The number of halogens is 1. The van der Waals surface area contributed by atoms with Crippen molar-refractivity contribution in [2.24, 2.45) is 0 Å². The standard InChI is InChI=1S/C25H22FN3O2S/c1-15(2)18-11-12-22-21(13-18)28-24(31-22)17-9-7-16(8-10-17)14-27-25(32)29-23(30)19-5-3-4-6-20(19)26/h3-13,15H,14H2,1-2H3,(H2,27,29,30,32). The fourth-order valence-corrected chi connectivity index (χ4v) is 3.40. The fraction of sp³-hybridized carbons (Fsp3) is 0.160. The van der Waals surface area contributed by atoms with Crippen molar-refractivity contribution >= 4 is 34.3 Å². The van der Waals surface area contributed by atoms with E-state index in [1.165, 1.54) is 23.8 Å². The van der Waals surface area contributed by atoms with Gasteiger partial charge in [-0.15, -0.1) is 0 Å². The van der Waals surface area contributed by atoms with E-state index in [1.807, 2.05) is 30.3 Å². The highest BCUT2D eigenvalue weighted by Crippen LogP contribution is 2.27. The number of rotatable bonds is 5. The maximum absolute atomic E-state index is 13.7. The number of nitrogens with zero attached hydrogens (tertiary/aromatic N) is 1. The quantitative estimate of drug-likeness (QED) is 0.392. The molecule has 0 saturated carbocycles. The van der Waals surface area contributed by atoms with Crippen LogP contribution in [0.15, 0.2) is 71.1 Å². The molecule has 0 bridgehead atoms. The van der Waals surface area contributed by atoms with Gasteiger partial charge in [-0.1, -0.05) is 44.2 Å². The van der Waals surface area contributed by atoms with Crippen molar-refractivity contribution in [1.29, 1.82) is 0 Å². The van der Waals surface area contributed by atoms with Gasteiger partial charge in [0.1, 0.15) is 11.3 Å². The van der Waals surface area contributed by atoms with Crippen LogP contribution in [0.3, 0.4) is 0 Å². The van der Waals surface area contributed by atoms with Gasteiger partial charge in [0.05, 0.1) is 5.56 Å². The van der Waals surface area contributed by atoms with E-state index in [4.69, 9.17) is 16.6 Å². The van der Waals surface area contributed by atoms with E-state index in [-0.39, 0.29) is 10.7 Å². The van der Waals surface area contributed by atoms with Gasteiger partial charge >= 0.3 is 0 Å². The summed E-state index contributed by atoms with van der Waals surface area (Å²) in [4.78, 5) is 16.7. The zero-order chi connectivity index (χ0) is 22.7. The molecule has 0 aliphatic carbocycles. The van der Waals surface area contributed by atoms with E-state index in [1.54, 1.807) is 6.07 Å². The molecule has 7 heteroatoms. The van der Waals surface area contributed by atoms with E-state index in [9.17, 15) is 9.18 Å². The third kappa shape index (κ3) is 4.84. The first-order valence-electron chi connectivity index (χ1n) is 10.2. The van der Waals surface area contributed by atoms with Crippen LogP contribution in [0.1, 0.15) is 41.3 Å². The molecule has 0 radical (unpaired) electrons. The van der Waals surface area contributed by atoms with Gasteiger partial charge in [-0.3, -0.25) is 10.1 Å². The number of hydrogen-bond acceptors (Lipinski definition) is 4. The smallest absolute Gasteiger partial charge is 0.260 e. The number of thiocarbonyl (C=S) groups is 1. The third-order valence-corrected chi connectivity index (χ3v) is 5.32. The normalized spacial score (nSPS) is 11.0. The first-order chi connectivity index (χ1) is 15.4. The molecule has 4 aromatic rings. The molecule has 1 amide bonds. The van der Waals surface area contributed by atoms with Crippen LogP contribution in [-0.2, 0) is 6.54 Å². The summed E-state index contributed by atoms with van der Waals surface area (Å²) in [5.74, 6) is -0.197. The Morgan fingerprint density at radius 1 is 1.09 bits per heavy atom. The van der Waals surface area contributed by atoms with Gasteiger partial charge < -0.3 is 9.73 Å². The minimum atomic E-state index is -0.594. The summed E-state index contributed by atoms with van der Waals surface area (Å²) in [6.07, 6.45) is 0. The molecule has 4 rings (SSSR count). The Hall–Kier alpha value is -3.58. The van der Waals surface area contributed by atoms with E-state index in [2.05, 4.69) is 41.6 Å². The van der Waals surface area contributed by atoms with E-state index < -0.39 is 11.7 Å². The zero-order valence-electron chi connectivity index (χ0n) is 17.7. The number of nitrogens with one attached hydrogen (secondary N) is 2. The maximum atomic E-state index is 13.7. The molecule has 1 heterocycles. The van der Waals surface area contributed by atoms with Crippen molar-refractivity contribution in [2.45, 2.75) is 26.3 Å². The lowest BCUT2D eigenvalue weighted by Crippen LogP contribution is -2.39. The number of hydrogen-bond donors (Lipinski definition) is 2. The maximum Gasteiger partial charge on any atom is 0.260 e. The average Bonchev–Trinajstić information content (AvgIpc) is 3.21. The SMILES string of the molecule is CC(C)c1ccc2oc(-c3ccc(CNC(=S)NC(=O)c4ccccc4F)cc3)nc2c1. The highest BCUT2D eigenvalue weighted by Gasteiger charge is 2.13. The number of fused-ring (bicyclic) bond motifs is 1. The minimum absolute atomic E-state index is 0.0557. The van der Waals surface area contributed by atoms with Gasteiger partial charge in [0.2, 0.25) is 5.89 Å². The van der Waals surface area contributed by atoms with Crippen molar-refractivity contribution in [3.05, 3.63) is 89.2 Å². The van der Waals surface area contributed by atoms with Crippen LogP contribution < -0.4 is 10.6 Å². The van der Waals surface area contributed by atoms with Crippen molar-refractivity contribution in [1.82, 2.24) is 15.6 Å². The number of oxazole rings is 1. The Morgan fingerprint density at radius 3 is 2.56 bits per heavy atom. The summed E-state index contributed by atoms with van der Waals surface area (Å²) in [5, 5.41) is 5.57. The molecule has 32 heavy (non-hydrogen) atoms. The van der Waals surface area contributed by atoms with Crippen LogP contribution in [0.5, 0.6) is 0 Å². The number of aromatic nitrogens is 1. The van der Waals surface area contributed by atoms with Gasteiger partial charge in [-0.05, 0) is 65.7 Å². The lowest BCUT2D eigenvalue weighted by atomic mass is 10.0. The predicted octanol–water partition coefficient (Wildman–Crippen LogP) is 5.56. The molecule has 2 N–H and O–H groups in total. The molecule has 5 nitrogen and oxygen atoms in total. The fourth-order valence-electron chi connectivity index (χ4n) is 3.23. The second-order valence-corrected chi connectivity index (χ2v) is 8.12. The largest absolute Gasteiger partial charge is 0.436 e. The van der Waals surface area contributed by atoms with Crippen LogP contribution in [0.25, 0.3) is 22.6 Å². The third-order valence-electron chi connectivity index (χ3n) is 5.08. The Bertz CT molecular complexity index is 1280. The Morgan fingerprint density at radius 2 is 1.84 bits per heavy atom. The summed E-state index contributed by atoms with van der Waals surface area (Å²) < 4.78 is 19.6. The van der Waals surface area contributed by atoms with Crippen molar-refractivity contribution < 1.29 is 13.6 Å². The van der Waals surface area contributed by atoms with E-state index >= 15 is 0 Å². The average molecular weight is 448 g/mol. The molecule has 0 spiro atoms. The summed E-state index contributed by atoms with van der Waals surface area (Å²) in [7, 11) is 0. The first-order valence-corrected chi connectivity index (χ1v) is 10.6. The Labute approximate surface area is 190 Å². The second kappa shape index (κ2) is 9.28. The molecule has 0 atom stereocenters. The van der Waals surface area contributed by atoms with Crippen LogP contribution in [0, 0.1) is 5.82 Å².